The molecule has 3 rings (SSSR count). The number of hydrogen-bond acceptors (Lipinski definition) is 2. The molecule has 1 aromatic carbocycles. The van der Waals surface area contributed by atoms with Crippen LogP contribution in [0.25, 0.3) is 0 Å². The average molecular weight is 321 g/mol. The predicted molar refractivity (Wildman–Crippen MR) is 84.0 cm³/mol. The molecule has 0 atom stereocenters. The molecule has 0 fully saturated rings. The summed E-state index contributed by atoms with van der Waals surface area (Å²) in [6.45, 7) is 1.33. The molecule has 0 unspecified atom stereocenters. The van der Waals surface area contributed by atoms with Gasteiger partial charge in [0.1, 0.15) is 10.8 Å². The van der Waals surface area contributed by atoms with Gasteiger partial charge in [0.25, 0.3) is 5.91 Å². The molecule has 0 saturated heterocycles. The highest BCUT2D eigenvalue weighted by Gasteiger charge is 2.22. The van der Waals surface area contributed by atoms with Crippen LogP contribution in [0.5, 0.6) is 0 Å². The molecule has 0 bridgehead atoms. The molecule has 1 aliphatic rings. The van der Waals surface area contributed by atoms with Gasteiger partial charge >= 0.3 is 0 Å². The second-order valence-electron chi connectivity index (χ2n) is 5.03. The van der Waals surface area contributed by atoms with Crippen LogP contribution in [0.1, 0.15) is 21.6 Å². The Kier molecular flexibility index (Phi) is 4.13. The molecule has 0 N–H and O–H groups in total. The van der Waals surface area contributed by atoms with Crippen LogP contribution in [0.4, 0.5) is 0 Å². The summed E-state index contributed by atoms with van der Waals surface area (Å²) in [5.74, 6) is -0.157. The van der Waals surface area contributed by atoms with Gasteiger partial charge in [-0.25, -0.2) is 4.98 Å². The summed E-state index contributed by atoms with van der Waals surface area (Å²) in [6.07, 6.45) is 1.69. The molecular formula is C16H14Cl2N2O. The van der Waals surface area contributed by atoms with Gasteiger partial charge in [0.2, 0.25) is 0 Å². The van der Waals surface area contributed by atoms with Gasteiger partial charge in [-0.15, -0.1) is 0 Å². The monoisotopic (exact) mass is 320 g/mol. The van der Waals surface area contributed by atoms with Crippen molar-refractivity contribution < 1.29 is 4.79 Å². The number of rotatable bonds is 1. The van der Waals surface area contributed by atoms with Crippen LogP contribution in [0, 0.1) is 0 Å². The maximum atomic E-state index is 12.6. The maximum absolute atomic E-state index is 12.6. The van der Waals surface area contributed by atoms with Crippen molar-refractivity contribution in [3.05, 3.63) is 63.4 Å². The van der Waals surface area contributed by atoms with E-state index in [-0.39, 0.29) is 16.8 Å². The quantitative estimate of drug-likeness (QED) is 0.752. The predicted octanol–water partition coefficient (Wildman–Crippen LogP) is 3.63. The van der Waals surface area contributed by atoms with E-state index in [0.29, 0.717) is 18.1 Å². The van der Waals surface area contributed by atoms with Crippen molar-refractivity contribution in [3.8, 4) is 0 Å². The number of nitrogens with zero attached hydrogens (tertiary/aromatic N) is 2. The van der Waals surface area contributed by atoms with E-state index in [1.165, 1.54) is 11.1 Å². The number of carbonyl (C=O) groups is 1. The van der Waals surface area contributed by atoms with Crippen LogP contribution < -0.4 is 0 Å². The molecule has 2 aromatic rings. The lowest BCUT2D eigenvalue weighted by Crippen LogP contribution is -2.34. The van der Waals surface area contributed by atoms with Crippen LogP contribution in [-0.4, -0.2) is 28.9 Å². The van der Waals surface area contributed by atoms with Gasteiger partial charge in [0, 0.05) is 13.1 Å². The highest BCUT2D eigenvalue weighted by molar-refractivity contribution is 6.34. The van der Waals surface area contributed by atoms with Crippen LogP contribution in [-0.2, 0) is 12.8 Å². The van der Waals surface area contributed by atoms with E-state index in [1.54, 1.807) is 17.0 Å². The first kappa shape index (κ1) is 14.4. The first-order chi connectivity index (χ1) is 10.1. The van der Waals surface area contributed by atoms with Crippen LogP contribution >= 0.6 is 23.2 Å². The largest absolute Gasteiger partial charge is 0.337 e. The third-order valence-corrected chi connectivity index (χ3v) is 4.24. The fraction of sp³-hybridized carbons (Fsp3) is 0.250. The number of benzene rings is 1. The lowest BCUT2D eigenvalue weighted by atomic mass is 10.0. The Morgan fingerprint density at radius 1 is 1.00 bits per heavy atom. The minimum absolute atomic E-state index is 0.157. The Morgan fingerprint density at radius 3 is 2.24 bits per heavy atom. The molecule has 5 heteroatoms. The number of pyridine rings is 1. The number of hydrogen-bond donors (Lipinski definition) is 0. The summed E-state index contributed by atoms with van der Waals surface area (Å²) >= 11 is 11.9. The molecule has 21 heavy (non-hydrogen) atoms. The van der Waals surface area contributed by atoms with E-state index in [1.807, 2.05) is 12.1 Å². The summed E-state index contributed by atoms with van der Waals surface area (Å²) in [7, 11) is 0. The van der Waals surface area contributed by atoms with Gasteiger partial charge in [-0.2, -0.15) is 0 Å². The van der Waals surface area contributed by atoms with E-state index in [9.17, 15) is 4.79 Å². The Balaban J connectivity index is 1.82. The number of amides is 1. The minimum Gasteiger partial charge on any atom is -0.337 e. The molecule has 0 aliphatic carbocycles. The minimum atomic E-state index is -0.157. The lowest BCUT2D eigenvalue weighted by molar-refractivity contribution is 0.0757. The topological polar surface area (TPSA) is 33.2 Å². The van der Waals surface area contributed by atoms with Gasteiger partial charge < -0.3 is 4.90 Å². The average Bonchev–Trinajstić information content (AvgIpc) is 2.71. The SMILES string of the molecule is O=C(c1nc(Cl)ccc1Cl)N1CCc2ccccc2CC1. The fourth-order valence-electron chi connectivity index (χ4n) is 2.59. The fourth-order valence-corrected chi connectivity index (χ4v) is 2.92. The highest BCUT2D eigenvalue weighted by atomic mass is 35.5. The Bertz CT molecular complexity index is 661. The zero-order valence-electron chi connectivity index (χ0n) is 11.4. The molecular weight excluding hydrogens is 307 g/mol. The van der Waals surface area contributed by atoms with Crippen molar-refractivity contribution >= 4 is 29.1 Å². The van der Waals surface area contributed by atoms with Gasteiger partial charge in [-0.3, -0.25) is 4.79 Å². The van der Waals surface area contributed by atoms with E-state index in [2.05, 4.69) is 17.1 Å². The molecule has 2 heterocycles. The first-order valence-electron chi connectivity index (χ1n) is 6.83. The van der Waals surface area contributed by atoms with Crippen molar-refractivity contribution in [2.45, 2.75) is 12.8 Å². The smallest absolute Gasteiger partial charge is 0.274 e. The number of halogens is 2. The summed E-state index contributed by atoms with van der Waals surface area (Å²) in [4.78, 5) is 18.5. The van der Waals surface area contributed by atoms with Gasteiger partial charge in [0.05, 0.1) is 5.02 Å². The lowest BCUT2D eigenvalue weighted by Gasteiger charge is -2.20. The van der Waals surface area contributed by atoms with Crippen molar-refractivity contribution in [3.63, 3.8) is 0 Å². The summed E-state index contributed by atoms with van der Waals surface area (Å²) in [5.41, 5.74) is 2.84. The molecule has 1 aliphatic heterocycles. The van der Waals surface area contributed by atoms with Crippen molar-refractivity contribution in [1.29, 1.82) is 0 Å². The van der Waals surface area contributed by atoms with E-state index in [4.69, 9.17) is 23.2 Å². The molecule has 3 nitrogen and oxygen atoms in total. The Morgan fingerprint density at radius 2 is 1.62 bits per heavy atom. The second-order valence-corrected chi connectivity index (χ2v) is 5.82. The number of aromatic nitrogens is 1. The molecule has 0 spiro atoms. The standard InChI is InChI=1S/C16H14Cl2N2O/c17-13-5-6-14(18)19-15(13)16(21)20-9-7-11-3-1-2-4-12(11)8-10-20/h1-6H,7-10H2. The molecule has 1 amide bonds. The van der Waals surface area contributed by atoms with Gasteiger partial charge in [0.15, 0.2) is 0 Å². The van der Waals surface area contributed by atoms with Gasteiger partial charge in [-0.1, -0.05) is 47.5 Å². The van der Waals surface area contributed by atoms with Crippen molar-refractivity contribution in [2.24, 2.45) is 0 Å². The summed E-state index contributed by atoms with van der Waals surface area (Å²) in [6, 6.07) is 11.5. The van der Waals surface area contributed by atoms with Crippen molar-refractivity contribution in [2.75, 3.05) is 13.1 Å². The Labute approximate surface area is 133 Å². The second kappa shape index (κ2) is 6.04. The number of fused-ring (bicyclic) bond motifs is 1. The molecule has 0 radical (unpaired) electrons. The molecule has 108 valence electrons. The third kappa shape index (κ3) is 3.04. The zero-order valence-corrected chi connectivity index (χ0v) is 12.9. The van der Waals surface area contributed by atoms with E-state index >= 15 is 0 Å². The van der Waals surface area contributed by atoms with Crippen molar-refractivity contribution in [1.82, 2.24) is 9.88 Å². The molecule has 1 aromatic heterocycles. The van der Waals surface area contributed by atoms with E-state index in [0.717, 1.165) is 12.8 Å². The molecule has 0 saturated carbocycles. The van der Waals surface area contributed by atoms with Crippen LogP contribution in [0.2, 0.25) is 10.2 Å². The van der Waals surface area contributed by atoms with E-state index < -0.39 is 0 Å². The summed E-state index contributed by atoms with van der Waals surface area (Å²) in [5, 5.41) is 0.618. The number of carbonyl (C=O) groups excluding carboxylic acids is 1. The summed E-state index contributed by atoms with van der Waals surface area (Å²) < 4.78 is 0. The first-order valence-corrected chi connectivity index (χ1v) is 7.59. The van der Waals surface area contributed by atoms with Gasteiger partial charge in [-0.05, 0) is 36.1 Å². The third-order valence-electron chi connectivity index (χ3n) is 3.72. The zero-order chi connectivity index (χ0) is 14.8. The van der Waals surface area contributed by atoms with Crippen LogP contribution in [0.15, 0.2) is 36.4 Å². The normalized spacial score (nSPS) is 14.5. The van der Waals surface area contributed by atoms with Crippen LogP contribution in [0.3, 0.4) is 0 Å². The highest BCUT2D eigenvalue weighted by Crippen LogP contribution is 2.21. The maximum Gasteiger partial charge on any atom is 0.274 e. The Hall–Kier alpha value is -1.58.